The van der Waals surface area contributed by atoms with Crippen LogP contribution in [0.5, 0.6) is 0 Å². The molecule has 0 amide bonds. The van der Waals surface area contributed by atoms with E-state index in [1.807, 2.05) is 0 Å². The predicted molar refractivity (Wildman–Crippen MR) is 77.4 cm³/mol. The summed E-state index contributed by atoms with van der Waals surface area (Å²) in [7, 11) is 0. The Morgan fingerprint density at radius 2 is 0.955 bits per heavy atom. The Bertz CT molecular complexity index is 234. The molecule has 0 aliphatic rings. The zero-order valence-electron chi connectivity index (χ0n) is 14.0. The minimum absolute atomic E-state index is 0.0694. The molecule has 0 atom stereocenters. The first-order valence-corrected chi connectivity index (χ1v) is 6.90. The molecule has 0 saturated heterocycles. The first kappa shape index (κ1) is 32.9. The van der Waals surface area contributed by atoms with Crippen LogP contribution in [0, 0.1) is 0 Å². The molecule has 0 heterocycles. The summed E-state index contributed by atoms with van der Waals surface area (Å²) in [4.78, 5) is 38.1. The number of aliphatic hydroxyl groups is 2. The number of rotatable bonds is 4. The Morgan fingerprint density at radius 3 is 0.955 bits per heavy atom. The van der Waals surface area contributed by atoms with Crippen LogP contribution in [0.1, 0.15) is 54.4 Å². The normalized spacial score (nSPS) is 7.64. The summed E-state index contributed by atoms with van der Waals surface area (Å²) in [6.45, 7) is 9.59. The molecule has 0 bridgehead atoms. The van der Waals surface area contributed by atoms with Crippen LogP contribution in [0.4, 0.5) is 0 Å². The molecule has 7 nitrogen and oxygen atoms in total. The van der Waals surface area contributed by atoms with Crippen LogP contribution in [-0.4, -0.2) is 46.6 Å². The Kier molecular flexibility index (Phi) is 48.1. The van der Waals surface area contributed by atoms with Gasteiger partial charge in [-0.25, -0.2) is 0 Å². The van der Waals surface area contributed by atoms with Gasteiger partial charge >= 0.3 is 23.7 Å². The SMILES string of the molecule is CC(=O)C[C-]=O.CC(=O)C[C-]=O.CC(C)O.CC(C)O.[O]=[Ti+2]. The summed E-state index contributed by atoms with van der Waals surface area (Å²) < 4.78 is 8.25. The Morgan fingerprint density at radius 1 is 0.818 bits per heavy atom. The Balaban J connectivity index is -0.0000000571. The van der Waals surface area contributed by atoms with Gasteiger partial charge in [-0.3, -0.25) is 12.6 Å². The van der Waals surface area contributed by atoms with E-state index in [0.717, 1.165) is 20.4 Å². The number of Topliss-reactive ketones (excluding diaryl/α,β-unsaturated/α-hetero) is 2. The van der Waals surface area contributed by atoms with Gasteiger partial charge in [0.05, 0.1) is 0 Å². The van der Waals surface area contributed by atoms with E-state index in [1.54, 1.807) is 27.7 Å². The fraction of sp³-hybridized carbons (Fsp3) is 0.714. The van der Waals surface area contributed by atoms with Gasteiger partial charge in [-0.05, 0) is 41.5 Å². The van der Waals surface area contributed by atoms with E-state index in [9.17, 15) is 19.2 Å². The molecule has 0 fully saturated rings. The van der Waals surface area contributed by atoms with Gasteiger partial charge in [0, 0.05) is 12.2 Å². The molecule has 0 aromatic carbocycles. The van der Waals surface area contributed by atoms with Gasteiger partial charge in [0.15, 0.2) is 0 Å². The van der Waals surface area contributed by atoms with E-state index in [0.29, 0.717) is 0 Å². The Labute approximate surface area is 144 Å². The molecule has 128 valence electrons. The second-order valence-electron chi connectivity index (χ2n) is 4.23. The first-order chi connectivity index (χ1) is 10.0. The van der Waals surface area contributed by atoms with Crippen LogP contribution in [-0.2, 0) is 42.9 Å². The maximum absolute atomic E-state index is 9.78. The summed E-state index contributed by atoms with van der Waals surface area (Å²) >= 11 is 0.750. The van der Waals surface area contributed by atoms with Crippen molar-refractivity contribution in [3.8, 4) is 0 Å². The predicted octanol–water partition coefficient (Wildman–Crippen LogP) is 0.803. The van der Waals surface area contributed by atoms with E-state index in [-0.39, 0.29) is 36.6 Å². The summed E-state index contributed by atoms with van der Waals surface area (Å²) in [5.74, 6) is -0.269. The monoisotopic (exact) mass is 354 g/mol. The number of hydrogen-bond donors (Lipinski definition) is 2. The summed E-state index contributed by atoms with van der Waals surface area (Å²) in [6.07, 6.45) is 2.46. The third-order valence-electron chi connectivity index (χ3n) is 0.642. The van der Waals surface area contributed by atoms with Crippen molar-refractivity contribution in [2.45, 2.75) is 66.6 Å². The molecule has 8 heteroatoms. The molecule has 22 heavy (non-hydrogen) atoms. The number of carbonyl (C=O) groups excluding carboxylic acids is 4. The number of ketones is 2. The zero-order chi connectivity index (χ0) is 19.1. The van der Waals surface area contributed by atoms with Crippen LogP contribution >= 0.6 is 0 Å². The molecule has 0 aliphatic carbocycles. The fourth-order valence-corrected chi connectivity index (χ4v) is 0.203. The molecule has 0 aliphatic heterocycles. The van der Waals surface area contributed by atoms with E-state index in [4.69, 9.17) is 13.5 Å². The molecular formula is C14H26O7Ti. The van der Waals surface area contributed by atoms with Crippen molar-refractivity contribution in [3.05, 3.63) is 0 Å². The third kappa shape index (κ3) is 240. The second-order valence-corrected chi connectivity index (χ2v) is 4.23. The van der Waals surface area contributed by atoms with E-state index >= 15 is 0 Å². The second kappa shape index (κ2) is 32.2. The molecule has 2 N–H and O–H groups in total. The van der Waals surface area contributed by atoms with Crippen LogP contribution in [0.3, 0.4) is 0 Å². The van der Waals surface area contributed by atoms with Gasteiger partial charge in [-0.2, -0.15) is 0 Å². The molecule has 0 rings (SSSR count). The number of hydrogen-bond acceptors (Lipinski definition) is 7. The topological polar surface area (TPSA) is 126 Å². The van der Waals surface area contributed by atoms with Gasteiger partial charge in [-0.1, -0.05) is 12.8 Å². The fourth-order valence-electron chi connectivity index (χ4n) is 0.203. The quantitative estimate of drug-likeness (QED) is 0.434. The summed E-state index contributed by atoms with van der Waals surface area (Å²) in [6, 6.07) is 0. The van der Waals surface area contributed by atoms with Crippen molar-refractivity contribution in [1.29, 1.82) is 0 Å². The third-order valence-corrected chi connectivity index (χ3v) is 0.642. The molecular weight excluding hydrogens is 328 g/mol. The van der Waals surface area contributed by atoms with E-state index < -0.39 is 0 Å². The van der Waals surface area contributed by atoms with Gasteiger partial charge in [0.25, 0.3) is 0 Å². The molecule has 0 unspecified atom stereocenters. The van der Waals surface area contributed by atoms with Gasteiger partial charge in [-0.15, -0.1) is 0 Å². The van der Waals surface area contributed by atoms with Crippen molar-refractivity contribution < 1.29 is 53.1 Å². The molecule has 0 saturated carbocycles. The summed E-state index contributed by atoms with van der Waals surface area (Å²) in [5, 5.41) is 16.1. The van der Waals surface area contributed by atoms with Gasteiger partial charge in [0.2, 0.25) is 0 Å². The molecule has 0 aromatic heterocycles. The first-order valence-electron chi connectivity index (χ1n) is 6.26. The van der Waals surface area contributed by atoms with Crippen molar-refractivity contribution in [1.82, 2.24) is 0 Å². The minimum atomic E-state index is -0.167. The van der Waals surface area contributed by atoms with Gasteiger partial charge in [0.1, 0.15) is 11.6 Å². The van der Waals surface area contributed by atoms with Gasteiger partial charge < -0.3 is 29.4 Å². The van der Waals surface area contributed by atoms with E-state index in [2.05, 4.69) is 0 Å². The van der Waals surface area contributed by atoms with Crippen LogP contribution in [0.25, 0.3) is 0 Å². The molecule has 0 radical (unpaired) electrons. The average Bonchev–Trinajstić information content (AvgIpc) is 2.30. The van der Waals surface area contributed by atoms with Crippen molar-refractivity contribution in [2.24, 2.45) is 0 Å². The van der Waals surface area contributed by atoms with Crippen molar-refractivity contribution in [2.75, 3.05) is 0 Å². The standard InChI is InChI=1S/2C4H5O2.2C3H8O.O.Ti/c2*1-4(6)2-3-5;2*1-3(2)4;;/h2*2H2,1H3;2*3-4H,1-2H3;;/q2*-1;;;;+2. The summed E-state index contributed by atoms with van der Waals surface area (Å²) in [5.41, 5.74) is 0. The van der Waals surface area contributed by atoms with Crippen LogP contribution < -0.4 is 0 Å². The average molecular weight is 354 g/mol. The van der Waals surface area contributed by atoms with Crippen LogP contribution in [0.2, 0.25) is 0 Å². The van der Waals surface area contributed by atoms with Crippen molar-refractivity contribution in [3.63, 3.8) is 0 Å². The maximum atomic E-state index is 9.78. The van der Waals surface area contributed by atoms with Crippen LogP contribution in [0.15, 0.2) is 0 Å². The van der Waals surface area contributed by atoms with Crippen molar-refractivity contribution >= 4 is 24.1 Å². The number of carbonyl (C=O) groups is 2. The number of aliphatic hydroxyl groups excluding tert-OH is 2. The zero-order valence-corrected chi connectivity index (χ0v) is 15.6. The molecule has 0 aromatic rings. The van der Waals surface area contributed by atoms with E-state index in [1.165, 1.54) is 26.4 Å². The molecule has 0 spiro atoms. The Hall–Kier alpha value is -0.886.